The standard InChI is InChI=1S/C7H11N5O3S/c1-9-16(15,12-7(13)14)5-2-3-6(11-8)10-4-5/h2-4H,8H2,1H3,(H,10,11)(H,13,14)(H,9,12,15). The van der Waals surface area contributed by atoms with Gasteiger partial charge in [-0.1, -0.05) is 0 Å². The summed E-state index contributed by atoms with van der Waals surface area (Å²) in [5.41, 5.74) is 2.29. The fourth-order valence-corrected chi connectivity index (χ4v) is 2.06. The molecule has 0 aliphatic carbocycles. The maximum atomic E-state index is 12.0. The third-order valence-corrected chi connectivity index (χ3v) is 3.53. The van der Waals surface area contributed by atoms with Crippen molar-refractivity contribution >= 4 is 21.8 Å². The number of rotatable bonds is 3. The summed E-state index contributed by atoms with van der Waals surface area (Å²) < 4.78 is 17.5. The van der Waals surface area contributed by atoms with E-state index in [-0.39, 0.29) is 4.90 Å². The van der Waals surface area contributed by atoms with Crippen molar-refractivity contribution in [3.8, 4) is 0 Å². The normalized spacial score (nSPS) is 13.9. The Morgan fingerprint density at radius 1 is 1.62 bits per heavy atom. The number of carbonyl (C=O) groups is 1. The van der Waals surface area contributed by atoms with Crippen LogP contribution in [0.3, 0.4) is 0 Å². The van der Waals surface area contributed by atoms with E-state index in [4.69, 9.17) is 10.9 Å². The number of nitrogens with two attached hydrogens (primary N) is 1. The van der Waals surface area contributed by atoms with Crippen LogP contribution in [0.5, 0.6) is 0 Å². The molecule has 9 heteroatoms. The zero-order valence-electron chi connectivity index (χ0n) is 8.38. The Morgan fingerprint density at radius 2 is 2.31 bits per heavy atom. The van der Waals surface area contributed by atoms with Crippen molar-refractivity contribution < 1.29 is 14.1 Å². The lowest BCUT2D eigenvalue weighted by Crippen LogP contribution is -2.20. The molecule has 0 saturated carbocycles. The number of hydrogen-bond donors (Lipinski definition) is 4. The quantitative estimate of drug-likeness (QED) is 0.438. The molecule has 1 rings (SSSR count). The molecule has 1 atom stereocenters. The van der Waals surface area contributed by atoms with Crippen molar-refractivity contribution in [3.05, 3.63) is 18.3 Å². The van der Waals surface area contributed by atoms with Gasteiger partial charge in [0.2, 0.25) is 0 Å². The van der Waals surface area contributed by atoms with Crippen molar-refractivity contribution in [2.75, 3.05) is 12.5 Å². The molecule has 8 nitrogen and oxygen atoms in total. The second-order valence-electron chi connectivity index (χ2n) is 2.63. The lowest BCUT2D eigenvalue weighted by molar-refractivity contribution is 0.206. The molecular weight excluding hydrogens is 234 g/mol. The molecule has 1 heterocycles. The number of nitrogen functional groups attached to an aromatic ring is 1. The van der Waals surface area contributed by atoms with Crippen LogP contribution >= 0.6 is 0 Å². The van der Waals surface area contributed by atoms with E-state index in [1.165, 1.54) is 25.4 Å². The van der Waals surface area contributed by atoms with E-state index in [1.54, 1.807) is 0 Å². The minimum atomic E-state index is -3.19. The summed E-state index contributed by atoms with van der Waals surface area (Å²) in [6.07, 6.45) is -0.277. The topological polar surface area (TPSA) is 130 Å². The number of aromatic nitrogens is 1. The average Bonchev–Trinajstić information content (AvgIpc) is 2.28. The highest BCUT2D eigenvalue weighted by Crippen LogP contribution is 2.11. The first-order valence-corrected chi connectivity index (χ1v) is 5.64. The van der Waals surface area contributed by atoms with Crippen LogP contribution in [0, 0.1) is 0 Å². The number of amides is 1. The van der Waals surface area contributed by atoms with Crippen LogP contribution in [-0.4, -0.2) is 27.4 Å². The van der Waals surface area contributed by atoms with Gasteiger partial charge in [-0.3, -0.25) is 0 Å². The molecule has 88 valence electrons. The van der Waals surface area contributed by atoms with Gasteiger partial charge < -0.3 is 10.5 Å². The van der Waals surface area contributed by atoms with E-state index in [2.05, 4.69) is 19.5 Å². The summed E-state index contributed by atoms with van der Waals surface area (Å²) in [5, 5.41) is 8.50. The summed E-state index contributed by atoms with van der Waals surface area (Å²) in [5.74, 6) is 5.48. The number of anilines is 1. The van der Waals surface area contributed by atoms with E-state index in [1.807, 2.05) is 0 Å². The van der Waals surface area contributed by atoms with Gasteiger partial charge in [0, 0.05) is 6.20 Å². The number of hydrogen-bond acceptors (Lipinski definition) is 5. The molecule has 0 aliphatic rings. The van der Waals surface area contributed by atoms with Gasteiger partial charge in [-0.15, -0.1) is 4.36 Å². The van der Waals surface area contributed by atoms with Gasteiger partial charge in [0.05, 0.1) is 4.90 Å². The van der Waals surface area contributed by atoms with Crippen LogP contribution in [0.2, 0.25) is 0 Å². The molecule has 0 aromatic carbocycles. The van der Waals surface area contributed by atoms with Crippen molar-refractivity contribution in [2.45, 2.75) is 4.90 Å². The van der Waals surface area contributed by atoms with Crippen LogP contribution < -0.4 is 16.0 Å². The molecule has 0 saturated heterocycles. The first-order valence-electron chi connectivity index (χ1n) is 4.13. The smallest absolute Gasteiger partial charge is 0.440 e. The average molecular weight is 245 g/mol. The third-order valence-electron chi connectivity index (χ3n) is 1.69. The summed E-state index contributed by atoms with van der Waals surface area (Å²) in [6, 6.07) is 2.89. The maximum Gasteiger partial charge on any atom is 0.440 e. The number of carboxylic acid groups (broad SMARTS) is 1. The molecular formula is C7H11N5O3S. The Bertz CT molecular complexity index is 491. The zero-order valence-corrected chi connectivity index (χ0v) is 9.19. The highest BCUT2D eigenvalue weighted by molar-refractivity contribution is 7.92. The van der Waals surface area contributed by atoms with Crippen LogP contribution in [0.1, 0.15) is 0 Å². The molecule has 1 aromatic rings. The fourth-order valence-electron chi connectivity index (χ4n) is 0.956. The Kier molecular flexibility index (Phi) is 3.77. The van der Waals surface area contributed by atoms with E-state index >= 15 is 0 Å². The fraction of sp³-hybridized carbons (Fsp3) is 0.143. The van der Waals surface area contributed by atoms with Crippen LogP contribution in [0.25, 0.3) is 0 Å². The lowest BCUT2D eigenvalue weighted by Gasteiger charge is -2.07. The van der Waals surface area contributed by atoms with Crippen LogP contribution in [0.15, 0.2) is 27.6 Å². The summed E-state index contributed by atoms with van der Waals surface area (Å²) in [6.45, 7) is 0. The van der Waals surface area contributed by atoms with Crippen LogP contribution in [0.4, 0.5) is 10.6 Å². The number of pyridine rings is 1. The molecule has 0 aliphatic heterocycles. The highest BCUT2D eigenvalue weighted by atomic mass is 32.2. The Hall–Kier alpha value is -1.71. The highest BCUT2D eigenvalue weighted by Gasteiger charge is 2.12. The van der Waals surface area contributed by atoms with E-state index < -0.39 is 16.0 Å². The summed E-state index contributed by atoms with van der Waals surface area (Å²) >= 11 is 0. The zero-order chi connectivity index (χ0) is 12.2. The van der Waals surface area contributed by atoms with Crippen molar-refractivity contribution in [1.82, 2.24) is 9.71 Å². The van der Waals surface area contributed by atoms with E-state index in [0.29, 0.717) is 5.82 Å². The van der Waals surface area contributed by atoms with E-state index in [0.717, 1.165) is 0 Å². The van der Waals surface area contributed by atoms with Crippen molar-refractivity contribution in [1.29, 1.82) is 0 Å². The predicted molar refractivity (Wildman–Crippen MR) is 58.0 cm³/mol. The minimum Gasteiger partial charge on any atom is -0.463 e. The van der Waals surface area contributed by atoms with Crippen molar-refractivity contribution in [2.24, 2.45) is 10.2 Å². The van der Waals surface area contributed by atoms with Crippen LogP contribution in [-0.2, 0) is 9.92 Å². The molecule has 16 heavy (non-hydrogen) atoms. The maximum absolute atomic E-state index is 12.0. The third kappa shape index (κ3) is 2.66. The van der Waals surface area contributed by atoms with Gasteiger partial charge in [-0.25, -0.2) is 24.6 Å². The molecule has 1 aromatic heterocycles. The second kappa shape index (κ2) is 4.88. The van der Waals surface area contributed by atoms with Gasteiger partial charge >= 0.3 is 6.09 Å². The van der Waals surface area contributed by atoms with Gasteiger partial charge in [0.15, 0.2) is 0 Å². The predicted octanol–water partition coefficient (Wildman–Crippen LogP) is 0.00650. The first-order chi connectivity index (χ1) is 7.51. The molecule has 1 unspecified atom stereocenters. The van der Waals surface area contributed by atoms with Gasteiger partial charge in [0.25, 0.3) is 0 Å². The number of hydrazine groups is 1. The lowest BCUT2D eigenvalue weighted by atomic mass is 10.5. The summed E-state index contributed by atoms with van der Waals surface area (Å²) in [4.78, 5) is 14.4. The molecule has 0 spiro atoms. The molecule has 0 fully saturated rings. The van der Waals surface area contributed by atoms with Gasteiger partial charge in [0.1, 0.15) is 15.7 Å². The Balaban J connectivity index is 3.24. The monoisotopic (exact) mass is 245 g/mol. The molecule has 0 bridgehead atoms. The number of nitrogens with one attached hydrogen (secondary N) is 2. The molecule has 1 amide bonds. The largest absolute Gasteiger partial charge is 0.463 e. The van der Waals surface area contributed by atoms with Crippen molar-refractivity contribution in [3.63, 3.8) is 0 Å². The SMILES string of the molecule is CNS(=O)(=NC(=O)O)c1ccc(NN)nc1. The second-order valence-corrected chi connectivity index (χ2v) is 4.74. The Morgan fingerprint density at radius 3 is 2.69 bits per heavy atom. The minimum absolute atomic E-state index is 0.163. The molecule has 5 N–H and O–H groups in total. The van der Waals surface area contributed by atoms with Gasteiger partial charge in [-0.2, -0.15) is 0 Å². The molecule has 0 radical (unpaired) electrons. The number of nitrogens with zero attached hydrogens (tertiary/aromatic N) is 2. The Labute approximate surface area is 92.2 Å². The summed E-state index contributed by atoms with van der Waals surface area (Å²) in [7, 11) is -1.83. The first kappa shape index (κ1) is 12.4. The van der Waals surface area contributed by atoms with E-state index in [9.17, 15) is 9.00 Å². The van der Waals surface area contributed by atoms with Gasteiger partial charge in [-0.05, 0) is 19.2 Å².